The van der Waals surface area contributed by atoms with Crippen molar-refractivity contribution in [2.24, 2.45) is 7.05 Å². The summed E-state index contributed by atoms with van der Waals surface area (Å²) in [5.74, 6) is 1.75. The second kappa shape index (κ2) is 8.75. The molecule has 146 valence electrons. The van der Waals surface area contributed by atoms with Crippen molar-refractivity contribution in [3.05, 3.63) is 24.3 Å². The number of methoxy groups -OCH3 is 1. The Balaban J connectivity index is 1.65. The third kappa shape index (κ3) is 4.44. The van der Waals surface area contributed by atoms with E-state index in [1.54, 1.807) is 7.11 Å². The molecule has 1 fully saturated rings. The quantitative estimate of drug-likeness (QED) is 0.706. The van der Waals surface area contributed by atoms with Crippen LogP contribution >= 0.6 is 11.8 Å². The molecular weight excluding hydrogens is 362 g/mol. The van der Waals surface area contributed by atoms with Crippen LogP contribution in [0.15, 0.2) is 29.4 Å². The Morgan fingerprint density at radius 1 is 1.19 bits per heavy atom. The molecule has 7 nitrogen and oxygen atoms in total. The number of rotatable bonds is 6. The predicted octanol–water partition coefficient (Wildman–Crippen LogP) is 2.14. The number of hydrogen-bond acceptors (Lipinski definition) is 6. The molecule has 8 heteroatoms. The summed E-state index contributed by atoms with van der Waals surface area (Å²) in [5.41, 5.74) is 0.965. The number of thioether (sulfide) groups is 1. The third-order valence-electron chi connectivity index (χ3n) is 4.94. The van der Waals surface area contributed by atoms with Crippen LogP contribution in [0.4, 0.5) is 0 Å². The molecule has 2 heterocycles. The van der Waals surface area contributed by atoms with Gasteiger partial charge in [-0.1, -0.05) is 18.7 Å². The monoisotopic (exact) mass is 389 g/mol. The SMILES string of the molecule is CCN1CCN(C(=O)C(C)Sc2nnc(-c3ccc(OC)cc3)n2C)CC1. The fourth-order valence-corrected chi connectivity index (χ4v) is 4.06. The molecule has 0 radical (unpaired) electrons. The highest BCUT2D eigenvalue weighted by atomic mass is 32.2. The Bertz CT molecular complexity index is 769. The molecule has 0 spiro atoms. The van der Waals surface area contributed by atoms with Crippen molar-refractivity contribution in [1.82, 2.24) is 24.6 Å². The summed E-state index contributed by atoms with van der Waals surface area (Å²) in [5, 5.41) is 9.15. The molecule has 1 aliphatic rings. The zero-order valence-corrected chi connectivity index (χ0v) is 17.2. The number of carbonyl (C=O) groups excluding carboxylic acids is 1. The van der Waals surface area contributed by atoms with Crippen molar-refractivity contribution in [1.29, 1.82) is 0 Å². The molecule has 1 aliphatic heterocycles. The Labute approximate surface area is 164 Å². The number of piperazine rings is 1. The zero-order valence-electron chi connectivity index (χ0n) is 16.4. The number of benzene rings is 1. The van der Waals surface area contributed by atoms with Gasteiger partial charge in [-0.3, -0.25) is 4.79 Å². The van der Waals surface area contributed by atoms with E-state index in [1.165, 1.54) is 11.8 Å². The minimum atomic E-state index is -0.190. The molecule has 1 atom stereocenters. The minimum absolute atomic E-state index is 0.171. The topological polar surface area (TPSA) is 63.5 Å². The lowest BCUT2D eigenvalue weighted by molar-refractivity contribution is -0.132. The van der Waals surface area contributed by atoms with E-state index in [4.69, 9.17) is 4.74 Å². The van der Waals surface area contributed by atoms with Gasteiger partial charge in [-0.05, 0) is 37.7 Å². The molecule has 1 aromatic carbocycles. The number of carbonyl (C=O) groups is 1. The van der Waals surface area contributed by atoms with Crippen LogP contribution in [-0.2, 0) is 11.8 Å². The number of likely N-dealkylation sites (N-methyl/N-ethyl adjacent to an activating group) is 1. The smallest absolute Gasteiger partial charge is 0.235 e. The standard InChI is InChI=1S/C19H27N5O2S/c1-5-23-10-12-24(13-11-23)18(25)14(2)27-19-21-20-17(22(19)3)15-6-8-16(26-4)9-7-15/h6-9,14H,5,10-13H2,1-4H3. The van der Waals surface area contributed by atoms with Gasteiger partial charge in [0.25, 0.3) is 0 Å². The third-order valence-corrected chi connectivity index (χ3v) is 6.07. The molecule has 2 aromatic rings. The second-order valence-corrected chi connectivity index (χ2v) is 7.92. The largest absolute Gasteiger partial charge is 0.497 e. The van der Waals surface area contributed by atoms with Crippen molar-refractivity contribution in [2.75, 3.05) is 39.8 Å². The molecule has 1 aromatic heterocycles. The van der Waals surface area contributed by atoms with Crippen LogP contribution in [0, 0.1) is 0 Å². The first-order valence-corrected chi connectivity index (χ1v) is 10.1. The van der Waals surface area contributed by atoms with Gasteiger partial charge < -0.3 is 19.1 Å². The first-order valence-electron chi connectivity index (χ1n) is 9.25. The van der Waals surface area contributed by atoms with Crippen LogP contribution in [0.25, 0.3) is 11.4 Å². The molecule has 0 N–H and O–H groups in total. The molecule has 3 rings (SSSR count). The van der Waals surface area contributed by atoms with E-state index in [9.17, 15) is 4.79 Å². The van der Waals surface area contributed by atoms with E-state index < -0.39 is 0 Å². The van der Waals surface area contributed by atoms with Crippen LogP contribution in [-0.4, -0.2) is 75.6 Å². The molecule has 1 saturated heterocycles. The van der Waals surface area contributed by atoms with E-state index in [0.717, 1.165) is 55.0 Å². The summed E-state index contributed by atoms with van der Waals surface area (Å²) in [6.45, 7) is 8.64. The predicted molar refractivity (Wildman–Crippen MR) is 107 cm³/mol. The Hall–Kier alpha value is -2.06. The van der Waals surface area contributed by atoms with E-state index in [1.807, 2.05) is 47.7 Å². The highest BCUT2D eigenvalue weighted by molar-refractivity contribution is 8.00. The first kappa shape index (κ1) is 19.7. The van der Waals surface area contributed by atoms with Crippen LogP contribution in [0.1, 0.15) is 13.8 Å². The van der Waals surface area contributed by atoms with Crippen molar-refractivity contribution in [3.63, 3.8) is 0 Å². The summed E-state index contributed by atoms with van der Waals surface area (Å²) < 4.78 is 7.13. The van der Waals surface area contributed by atoms with Crippen molar-refractivity contribution in [2.45, 2.75) is 24.3 Å². The normalized spacial score (nSPS) is 16.4. The summed E-state index contributed by atoms with van der Waals surface area (Å²) in [7, 11) is 3.58. The number of hydrogen-bond donors (Lipinski definition) is 0. The van der Waals surface area contributed by atoms with Gasteiger partial charge in [0.15, 0.2) is 11.0 Å². The van der Waals surface area contributed by atoms with Gasteiger partial charge in [0, 0.05) is 38.8 Å². The molecule has 0 aliphatic carbocycles. The molecule has 0 bridgehead atoms. The lowest BCUT2D eigenvalue weighted by Crippen LogP contribution is -2.50. The fourth-order valence-electron chi connectivity index (χ4n) is 3.16. The number of ether oxygens (including phenoxy) is 1. The van der Waals surface area contributed by atoms with Crippen LogP contribution in [0.2, 0.25) is 0 Å². The molecule has 0 saturated carbocycles. The molecule has 1 unspecified atom stereocenters. The van der Waals surface area contributed by atoms with Gasteiger partial charge in [0.2, 0.25) is 5.91 Å². The summed E-state index contributed by atoms with van der Waals surface area (Å²) >= 11 is 1.46. The second-order valence-electron chi connectivity index (χ2n) is 6.61. The minimum Gasteiger partial charge on any atom is -0.497 e. The van der Waals surface area contributed by atoms with Crippen LogP contribution < -0.4 is 4.74 Å². The number of amides is 1. The van der Waals surface area contributed by atoms with Crippen LogP contribution in [0.5, 0.6) is 5.75 Å². The fraction of sp³-hybridized carbons (Fsp3) is 0.526. The van der Waals surface area contributed by atoms with Crippen molar-refractivity contribution >= 4 is 17.7 Å². The number of nitrogens with zero attached hydrogens (tertiary/aromatic N) is 5. The van der Waals surface area contributed by atoms with Gasteiger partial charge in [-0.15, -0.1) is 10.2 Å². The Morgan fingerprint density at radius 2 is 1.85 bits per heavy atom. The average molecular weight is 390 g/mol. The van der Waals surface area contributed by atoms with Gasteiger partial charge in [-0.25, -0.2) is 0 Å². The van der Waals surface area contributed by atoms with Gasteiger partial charge in [0.05, 0.1) is 12.4 Å². The highest BCUT2D eigenvalue weighted by Gasteiger charge is 2.26. The maximum Gasteiger partial charge on any atom is 0.235 e. The average Bonchev–Trinajstić information content (AvgIpc) is 3.07. The molecule has 27 heavy (non-hydrogen) atoms. The highest BCUT2D eigenvalue weighted by Crippen LogP contribution is 2.27. The Morgan fingerprint density at radius 3 is 2.44 bits per heavy atom. The van der Waals surface area contributed by atoms with Gasteiger partial charge in [0.1, 0.15) is 5.75 Å². The first-order chi connectivity index (χ1) is 13.0. The van der Waals surface area contributed by atoms with E-state index >= 15 is 0 Å². The van der Waals surface area contributed by atoms with E-state index in [-0.39, 0.29) is 11.2 Å². The number of aromatic nitrogens is 3. The van der Waals surface area contributed by atoms with Crippen molar-refractivity contribution in [3.8, 4) is 17.1 Å². The zero-order chi connectivity index (χ0) is 19.4. The molecule has 1 amide bonds. The van der Waals surface area contributed by atoms with E-state index in [0.29, 0.717) is 0 Å². The summed E-state index contributed by atoms with van der Waals surface area (Å²) in [6.07, 6.45) is 0. The van der Waals surface area contributed by atoms with E-state index in [2.05, 4.69) is 22.0 Å². The van der Waals surface area contributed by atoms with Gasteiger partial charge >= 0.3 is 0 Å². The lowest BCUT2D eigenvalue weighted by atomic mass is 10.2. The van der Waals surface area contributed by atoms with Crippen molar-refractivity contribution < 1.29 is 9.53 Å². The summed E-state index contributed by atoms with van der Waals surface area (Å²) in [6, 6.07) is 7.72. The van der Waals surface area contributed by atoms with Gasteiger partial charge in [-0.2, -0.15) is 0 Å². The lowest BCUT2D eigenvalue weighted by Gasteiger charge is -2.35. The van der Waals surface area contributed by atoms with Crippen LogP contribution in [0.3, 0.4) is 0 Å². The summed E-state index contributed by atoms with van der Waals surface area (Å²) in [4.78, 5) is 17.1. The molecular formula is C19H27N5O2S. The maximum atomic E-state index is 12.8. The maximum absolute atomic E-state index is 12.8. The Kier molecular flexibility index (Phi) is 6.38.